The van der Waals surface area contributed by atoms with E-state index in [4.69, 9.17) is 14.2 Å². The number of pyridine rings is 2. The monoisotopic (exact) mass is 573 g/mol. The van der Waals surface area contributed by atoms with Crippen molar-refractivity contribution in [2.45, 2.75) is 59.2 Å². The van der Waals surface area contributed by atoms with Crippen LogP contribution in [0.2, 0.25) is 0 Å². The van der Waals surface area contributed by atoms with E-state index in [0.717, 1.165) is 41.6 Å². The average molecular weight is 574 g/mol. The molecule has 1 unspecified atom stereocenters. The number of esters is 1. The highest BCUT2D eigenvalue weighted by molar-refractivity contribution is 6.01. The van der Waals surface area contributed by atoms with E-state index >= 15 is 0 Å². The molecular formula is C31H35N5O6. The third-order valence-corrected chi connectivity index (χ3v) is 7.25. The van der Waals surface area contributed by atoms with Gasteiger partial charge in [0, 0.05) is 48.1 Å². The van der Waals surface area contributed by atoms with Crippen LogP contribution < -0.4 is 24.6 Å². The van der Waals surface area contributed by atoms with Gasteiger partial charge in [0.05, 0.1) is 18.4 Å². The zero-order valence-electron chi connectivity index (χ0n) is 24.5. The Hall–Kier alpha value is -4.67. The van der Waals surface area contributed by atoms with Crippen LogP contribution in [0.4, 0.5) is 22.9 Å². The first kappa shape index (κ1) is 28.8. The van der Waals surface area contributed by atoms with Crippen LogP contribution in [0, 0.1) is 0 Å². The highest BCUT2D eigenvalue weighted by Gasteiger charge is 2.38. The number of unbranched alkanes of at least 4 members (excludes halogenated alkanes) is 1. The minimum atomic E-state index is -1.35. The van der Waals surface area contributed by atoms with Crippen LogP contribution in [0.1, 0.15) is 59.1 Å². The van der Waals surface area contributed by atoms with Gasteiger partial charge in [-0.15, -0.1) is 0 Å². The molecule has 0 saturated heterocycles. The Labute approximate surface area is 244 Å². The Bertz CT molecular complexity index is 1520. The molecule has 4 heterocycles. The summed E-state index contributed by atoms with van der Waals surface area (Å²) >= 11 is 0. The number of benzene rings is 1. The summed E-state index contributed by atoms with van der Waals surface area (Å²) in [5.74, 6) is 0.692. The van der Waals surface area contributed by atoms with Gasteiger partial charge in [-0.1, -0.05) is 13.3 Å². The standard InChI is InChI=1S/C31H35N5O6/c1-6-7-10-35(18-37)22-8-9-23-25-17-32-28(15-24(25)19(2)41-27(23)14-22)34-21-13-26-29(33-16-21)40-12-11-36(26)30(39)31(4,5)42-20(3)38/h8-9,13-19H,6-7,10-12H2,1-5H3,(H,32,34). The Morgan fingerprint density at radius 2 is 2.00 bits per heavy atom. The third-order valence-electron chi connectivity index (χ3n) is 7.25. The van der Waals surface area contributed by atoms with Crippen LogP contribution in [0.25, 0.3) is 11.1 Å². The van der Waals surface area contributed by atoms with Crippen molar-refractivity contribution < 1.29 is 28.6 Å². The minimum Gasteiger partial charge on any atom is -0.485 e. The predicted octanol–water partition coefficient (Wildman–Crippen LogP) is 5.17. The molecule has 11 nitrogen and oxygen atoms in total. The summed E-state index contributed by atoms with van der Waals surface area (Å²) in [6.07, 6.45) is 5.93. The van der Waals surface area contributed by atoms with E-state index in [2.05, 4.69) is 22.2 Å². The summed E-state index contributed by atoms with van der Waals surface area (Å²) in [5.41, 5.74) is 3.34. The lowest BCUT2D eigenvalue weighted by Gasteiger charge is -2.34. The molecule has 1 N–H and O–H groups in total. The molecular weight excluding hydrogens is 538 g/mol. The topological polar surface area (TPSA) is 123 Å². The largest absolute Gasteiger partial charge is 0.485 e. The number of carbonyl (C=O) groups is 3. The third kappa shape index (κ3) is 5.72. The molecule has 220 valence electrons. The second-order valence-corrected chi connectivity index (χ2v) is 10.8. The van der Waals surface area contributed by atoms with Crippen LogP contribution in [0.3, 0.4) is 0 Å². The number of fused-ring (bicyclic) bond motifs is 4. The maximum atomic E-state index is 13.3. The molecule has 5 rings (SSSR count). The van der Waals surface area contributed by atoms with Crippen molar-refractivity contribution in [1.29, 1.82) is 0 Å². The summed E-state index contributed by atoms with van der Waals surface area (Å²) in [6.45, 7) is 9.67. The van der Waals surface area contributed by atoms with E-state index in [1.165, 1.54) is 11.8 Å². The highest BCUT2D eigenvalue weighted by Crippen LogP contribution is 2.44. The molecule has 2 aromatic heterocycles. The number of carbonyl (C=O) groups excluding carboxylic acids is 3. The number of nitrogens with one attached hydrogen (secondary N) is 1. The van der Waals surface area contributed by atoms with Crippen molar-refractivity contribution in [3.8, 4) is 22.8 Å². The summed E-state index contributed by atoms with van der Waals surface area (Å²) in [5, 5.41) is 3.28. The lowest BCUT2D eigenvalue weighted by Crippen LogP contribution is -2.50. The van der Waals surface area contributed by atoms with Gasteiger partial charge < -0.3 is 29.3 Å². The number of hydrogen-bond acceptors (Lipinski definition) is 9. The van der Waals surface area contributed by atoms with Crippen LogP contribution in [-0.4, -0.2) is 53.6 Å². The van der Waals surface area contributed by atoms with Gasteiger partial charge in [-0.05, 0) is 51.5 Å². The maximum Gasteiger partial charge on any atom is 0.303 e. The molecule has 3 aromatic rings. The second kappa shape index (κ2) is 11.7. The number of nitrogens with zero attached hydrogens (tertiary/aromatic N) is 4. The molecule has 1 aromatic carbocycles. The van der Waals surface area contributed by atoms with Gasteiger partial charge in [-0.25, -0.2) is 9.97 Å². The molecule has 0 bridgehead atoms. The van der Waals surface area contributed by atoms with Crippen molar-refractivity contribution in [1.82, 2.24) is 9.97 Å². The highest BCUT2D eigenvalue weighted by atomic mass is 16.6. The first-order valence-corrected chi connectivity index (χ1v) is 14.1. The summed E-state index contributed by atoms with van der Waals surface area (Å²) in [6, 6.07) is 9.48. The van der Waals surface area contributed by atoms with Crippen LogP contribution >= 0.6 is 0 Å². The number of aromatic nitrogens is 2. The first-order chi connectivity index (χ1) is 20.1. The van der Waals surface area contributed by atoms with Crippen molar-refractivity contribution in [3.63, 3.8) is 0 Å². The fourth-order valence-electron chi connectivity index (χ4n) is 5.19. The van der Waals surface area contributed by atoms with E-state index < -0.39 is 11.6 Å². The second-order valence-electron chi connectivity index (χ2n) is 10.8. The Morgan fingerprint density at radius 3 is 2.74 bits per heavy atom. The van der Waals surface area contributed by atoms with E-state index in [-0.39, 0.29) is 25.2 Å². The zero-order chi connectivity index (χ0) is 30.0. The van der Waals surface area contributed by atoms with Gasteiger partial charge >= 0.3 is 5.97 Å². The van der Waals surface area contributed by atoms with Gasteiger partial charge in [-0.2, -0.15) is 0 Å². The molecule has 11 heteroatoms. The van der Waals surface area contributed by atoms with E-state index in [9.17, 15) is 14.4 Å². The van der Waals surface area contributed by atoms with E-state index in [0.29, 0.717) is 35.4 Å². The zero-order valence-corrected chi connectivity index (χ0v) is 24.5. The van der Waals surface area contributed by atoms with Crippen LogP contribution in [0.5, 0.6) is 11.6 Å². The van der Waals surface area contributed by atoms with E-state index in [1.54, 1.807) is 37.2 Å². The number of rotatable bonds is 9. The van der Waals surface area contributed by atoms with Crippen molar-refractivity contribution >= 4 is 41.2 Å². The van der Waals surface area contributed by atoms with Crippen LogP contribution in [0.15, 0.2) is 42.7 Å². The Morgan fingerprint density at radius 1 is 1.19 bits per heavy atom. The maximum absolute atomic E-state index is 13.3. The van der Waals surface area contributed by atoms with Gasteiger partial charge in [-0.3, -0.25) is 14.4 Å². The van der Waals surface area contributed by atoms with Crippen molar-refractivity contribution in [3.05, 3.63) is 48.3 Å². The fraction of sp³-hybridized carbons (Fsp3) is 0.387. The minimum absolute atomic E-state index is 0.252. The lowest BCUT2D eigenvalue weighted by atomic mass is 9.94. The summed E-state index contributed by atoms with van der Waals surface area (Å²) in [4.78, 5) is 48.8. The lowest BCUT2D eigenvalue weighted by molar-refractivity contribution is -0.161. The Balaban J connectivity index is 1.40. The van der Waals surface area contributed by atoms with Gasteiger partial charge in [0.15, 0.2) is 5.60 Å². The van der Waals surface area contributed by atoms with Gasteiger partial charge in [0.2, 0.25) is 12.3 Å². The number of anilines is 4. The first-order valence-electron chi connectivity index (χ1n) is 14.1. The molecule has 0 aliphatic carbocycles. The number of ether oxygens (including phenoxy) is 3. The molecule has 2 aliphatic rings. The Kier molecular flexibility index (Phi) is 8.02. The average Bonchev–Trinajstić information content (AvgIpc) is 2.96. The molecule has 2 amide bonds. The fourth-order valence-corrected chi connectivity index (χ4v) is 5.19. The van der Waals surface area contributed by atoms with Crippen LogP contribution in [-0.2, 0) is 19.1 Å². The SMILES string of the molecule is CCCCN(C=O)c1ccc2c(c1)OC(C)c1cc(Nc3cnc4c(c3)N(C(=O)C(C)(C)OC(C)=O)CCO4)ncc1-2. The van der Waals surface area contributed by atoms with E-state index in [1.807, 2.05) is 31.2 Å². The molecule has 0 radical (unpaired) electrons. The normalized spacial score (nSPS) is 15.3. The molecule has 42 heavy (non-hydrogen) atoms. The van der Waals surface area contributed by atoms with Gasteiger partial charge in [0.25, 0.3) is 5.91 Å². The smallest absolute Gasteiger partial charge is 0.303 e. The molecule has 0 spiro atoms. The summed E-state index contributed by atoms with van der Waals surface area (Å²) < 4.78 is 17.2. The molecule has 2 aliphatic heterocycles. The predicted molar refractivity (Wildman–Crippen MR) is 158 cm³/mol. The van der Waals surface area contributed by atoms with Crippen molar-refractivity contribution in [2.24, 2.45) is 0 Å². The molecule has 0 fully saturated rings. The number of hydrogen-bond donors (Lipinski definition) is 1. The quantitative estimate of drug-likeness (QED) is 0.273. The number of amides is 2. The molecule has 0 saturated carbocycles. The van der Waals surface area contributed by atoms with Gasteiger partial charge in [0.1, 0.15) is 30.0 Å². The summed E-state index contributed by atoms with van der Waals surface area (Å²) in [7, 11) is 0. The molecule has 1 atom stereocenters. The van der Waals surface area contributed by atoms with Crippen molar-refractivity contribution in [2.75, 3.05) is 34.8 Å².